The van der Waals surface area contributed by atoms with Crippen LogP contribution in [0.1, 0.15) is 20.7 Å². The van der Waals surface area contributed by atoms with Crippen LogP contribution in [-0.4, -0.2) is 36.4 Å². The van der Waals surface area contributed by atoms with E-state index in [1.807, 2.05) is 0 Å². The molecule has 0 fully saturated rings. The number of methoxy groups -OCH3 is 1. The first-order valence-corrected chi connectivity index (χ1v) is 8.99. The van der Waals surface area contributed by atoms with E-state index in [-0.39, 0.29) is 12.5 Å². The molecule has 0 radical (unpaired) electrons. The number of hydrogen-bond donors (Lipinski definition) is 2. The predicted octanol–water partition coefficient (Wildman–Crippen LogP) is 3.03. The number of benzene rings is 2. The minimum Gasteiger partial charge on any atom is -0.468 e. The van der Waals surface area contributed by atoms with Crippen molar-refractivity contribution in [2.75, 3.05) is 19.0 Å². The summed E-state index contributed by atoms with van der Waals surface area (Å²) >= 11 is 0. The molecule has 0 saturated heterocycles. The first-order chi connectivity index (χ1) is 14.5. The number of carbonyl (C=O) groups is 3. The average molecular weight is 405 g/mol. The van der Waals surface area contributed by atoms with Gasteiger partial charge in [0.1, 0.15) is 18.0 Å². The second-order valence-electron chi connectivity index (χ2n) is 6.11. The zero-order chi connectivity index (χ0) is 21.3. The number of pyridine rings is 1. The molecule has 0 bridgehead atoms. The first kappa shape index (κ1) is 20.5. The number of ether oxygens (including phenoxy) is 2. The van der Waals surface area contributed by atoms with Crippen molar-refractivity contribution in [1.29, 1.82) is 0 Å². The fourth-order valence-electron chi connectivity index (χ4n) is 2.45. The summed E-state index contributed by atoms with van der Waals surface area (Å²) in [6, 6.07) is 16.5. The minimum atomic E-state index is -0.538. The smallest absolute Gasteiger partial charge is 0.325 e. The maximum atomic E-state index is 12.4. The summed E-state index contributed by atoms with van der Waals surface area (Å²) in [5.41, 5.74) is 1.34. The summed E-state index contributed by atoms with van der Waals surface area (Å²) in [4.78, 5) is 39.4. The van der Waals surface area contributed by atoms with E-state index >= 15 is 0 Å². The van der Waals surface area contributed by atoms with Crippen molar-refractivity contribution in [3.05, 3.63) is 84.2 Å². The van der Waals surface area contributed by atoms with Gasteiger partial charge in [0.2, 0.25) is 0 Å². The van der Waals surface area contributed by atoms with Crippen LogP contribution < -0.4 is 15.4 Å². The molecule has 1 heterocycles. The van der Waals surface area contributed by atoms with Crippen LogP contribution in [0.5, 0.6) is 11.5 Å². The highest BCUT2D eigenvalue weighted by molar-refractivity contribution is 6.04. The standard InChI is InChI=1S/C22H19N3O5/c1-29-20(26)14-24-21(27)15-4-8-17(9-5-15)25-22(28)16-6-10-18(11-7-16)30-19-3-2-12-23-13-19/h2-13H,14H2,1H3,(H,24,27)(H,25,28). The molecule has 0 atom stereocenters. The summed E-state index contributed by atoms with van der Waals surface area (Å²) in [7, 11) is 1.24. The highest BCUT2D eigenvalue weighted by Gasteiger charge is 2.10. The first-order valence-electron chi connectivity index (χ1n) is 8.99. The molecule has 0 aliphatic carbocycles. The Morgan fingerprint density at radius 2 is 1.53 bits per heavy atom. The molecule has 2 amide bonds. The van der Waals surface area contributed by atoms with E-state index in [1.54, 1.807) is 73.1 Å². The molecule has 0 saturated carbocycles. The van der Waals surface area contributed by atoms with Gasteiger partial charge in [0, 0.05) is 23.0 Å². The molecule has 2 aromatic carbocycles. The van der Waals surface area contributed by atoms with Gasteiger partial charge in [-0.1, -0.05) is 0 Å². The molecule has 30 heavy (non-hydrogen) atoms. The Kier molecular flexibility index (Phi) is 6.73. The maximum Gasteiger partial charge on any atom is 0.325 e. The van der Waals surface area contributed by atoms with Crippen LogP contribution in [0.2, 0.25) is 0 Å². The molecule has 3 rings (SSSR count). The van der Waals surface area contributed by atoms with E-state index in [1.165, 1.54) is 7.11 Å². The van der Waals surface area contributed by atoms with Crippen molar-refractivity contribution in [3.8, 4) is 11.5 Å². The summed E-state index contributed by atoms with van der Waals surface area (Å²) in [6.45, 7) is -0.214. The van der Waals surface area contributed by atoms with Gasteiger partial charge in [-0.3, -0.25) is 19.4 Å². The lowest BCUT2D eigenvalue weighted by Crippen LogP contribution is -2.30. The molecule has 8 nitrogen and oxygen atoms in total. The summed E-state index contributed by atoms with van der Waals surface area (Å²) in [5, 5.41) is 5.20. The molecule has 0 aliphatic heterocycles. The molecule has 152 valence electrons. The van der Waals surface area contributed by atoms with Crippen molar-refractivity contribution in [2.24, 2.45) is 0 Å². The number of nitrogens with one attached hydrogen (secondary N) is 2. The summed E-state index contributed by atoms with van der Waals surface area (Å²) in [5.74, 6) is -0.0651. The largest absolute Gasteiger partial charge is 0.468 e. The lowest BCUT2D eigenvalue weighted by atomic mass is 10.1. The fourth-order valence-corrected chi connectivity index (χ4v) is 2.45. The van der Waals surface area contributed by atoms with Gasteiger partial charge in [0.05, 0.1) is 13.3 Å². The average Bonchev–Trinajstić information content (AvgIpc) is 2.79. The number of carbonyl (C=O) groups excluding carboxylic acids is 3. The van der Waals surface area contributed by atoms with E-state index < -0.39 is 11.9 Å². The van der Waals surface area contributed by atoms with Crippen molar-refractivity contribution in [2.45, 2.75) is 0 Å². The second-order valence-corrected chi connectivity index (χ2v) is 6.11. The quantitative estimate of drug-likeness (QED) is 0.585. The molecule has 2 N–H and O–H groups in total. The van der Waals surface area contributed by atoms with E-state index in [0.717, 1.165) is 0 Å². The number of nitrogens with zero attached hydrogens (tertiary/aromatic N) is 1. The fraction of sp³-hybridized carbons (Fsp3) is 0.0909. The molecule has 1 aromatic heterocycles. The number of anilines is 1. The molecular weight excluding hydrogens is 386 g/mol. The van der Waals surface area contributed by atoms with Crippen molar-refractivity contribution >= 4 is 23.5 Å². The van der Waals surface area contributed by atoms with Crippen LogP contribution in [0, 0.1) is 0 Å². The predicted molar refractivity (Wildman–Crippen MR) is 109 cm³/mol. The number of aromatic nitrogens is 1. The highest BCUT2D eigenvalue weighted by atomic mass is 16.5. The zero-order valence-electron chi connectivity index (χ0n) is 16.1. The van der Waals surface area contributed by atoms with Gasteiger partial charge < -0.3 is 20.1 Å². The Balaban J connectivity index is 1.56. The van der Waals surface area contributed by atoms with Crippen LogP contribution in [-0.2, 0) is 9.53 Å². The van der Waals surface area contributed by atoms with Gasteiger partial charge in [-0.05, 0) is 60.7 Å². The van der Waals surface area contributed by atoms with Crippen LogP contribution in [0.3, 0.4) is 0 Å². The maximum absolute atomic E-state index is 12.4. The van der Waals surface area contributed by atoms with Gasteiger partial charge in [-0.25, -0.2) is 0 Å². The van der Waals surface area contributed by atoms with E-state index in [0.29, 0.717) is 28.3 Å². The molecule has 8 heteroatoms. The van der Waals surface area contributed by atoms with Crippen LogP contribution in [0.4, 0.5) is 5.69 Å². The third-order valence-corrected chi connectivity index (χ3v) is 4.01. The van der Waals surface area contributed by atoms with Gasteiger partial charge in [-0.2, -0.15) is 0 Å². The van der Waals surface area contributed by atoms with Crippen molar-refractivity contribution in [1.82, 2.24) is 10.3 Å². The number of amides is 2. The SMILES string of the molecule is COC(=O)CNC(=O)c1ccc(NC(=O)c2ccc(Oc3cccnc3)cc2)cc1. The molecule has 0 unspecified atom stereocenters. The minimum absolute atomic E-state index is 0.214. The van der Waals surface area contributed by atoms with Crippen LogP contribution >= 0.6 is 0 Å². The lowest BCUT2D eigenvalue weighted by Gasteiger charge is -2.08. The number of hydrogen-bond acceptors (Lipinski definition) is 6. The topological polar surface area (TPSA) is 107 Å². The van der Waals surface area contributed by atoms with Crippen LogP contribution in [0.15, 0.2) is 73.1 Å². The van der Waals surface area contributed by atoms with Gasteiger partial charge >= 0.3 is 5.97 Å². The normalized spacial score (nSPS) is 10.0. The zero-order valence-corrected chi connectivity index (χ0v) is 16.1. The third-order valence-electron chi connectivity index (χ3n) is 4.01. The molecule has 0 spiro atoms. The third kappa shape index (κ3) is 5.65. The summed E-state index contributed by atoms with van der Waals surface area (Å²) < 4.78 is 10.1. The van der Waals surface area contributed by atoms with Crippen LogP contribution in [0.25, 0.3) is 0 Å². The highest BCUT2D eigenvalue weighted by Crippen LogP contribution is 2.21. The Morgan fingerprint density at radius 1 is 0.867 bits per heavy atom. The number of esters is 1. The lowest BCUT2D eigenvalue weighted by molar-refractivity contribution is -0.139. The Labute approximate surface area is 172 Å². The monoisotopic (exact) mass is 405 g/mol. The second kappa shape index (κ2) is 9.83. The van der Waals surface area contributed by atoms with E-state index in [2.05, 4.69) is 20.4 Å². The van der Waals surface area contributed by atoms with Crippen molar-refractivity contribution in [3.63, 3.8) is 0 Å². The van der Waals surface area contributed by atoms with E-state index in [9.17, 15) is 14.4 Å². The van der Waals surface area contributed by atoms with Gasteiger partial charge in [0.15, 0.2) is 0 Å². The van der Waals surface area contributed by atoms with Crippen molar-refractivity contribution < 1.29 is 23.9 Å². The summed E-state index contributed by atoms with van der Waals surface area (Å²) in [6.07, 6.45) is 3.25. The Bertz CT molecular complexity index is 1020. The van der Waals surface area contributed by atoms with Gasteiger partial charge in [-0.15, -0.1) is 0 Å². The molecular formula is C22H19N3O5. The molecule has 3 aromatic rings. The van der Waals surface area contributed by atoms with Gasteiger partial charge in [0.25, 0.3) is 11.8 Å². The Morgan fingerprint density at radius 3 is 2.17 bits per heavy atom. The molecule has 0 aliphatic rings. The van der Waals surface area contributed by atoms with E-state index in [4.69, 9.17) is 4.74 Å². The Hall–Kier alpha value is -4.20. The number of rotatable bonds is 7.